The third-order valence-corrected chi connectivity index (χ3v) is 4.35. The van der Waals surface area contributed by atoms with Crippen LogP contribution < -0.4 is 5.32 Å². The number of nitrogens with one attached hydrogen (secondary N) is 1. The van der Waals surface area contributed by atoms with Gasteiger partial charge in [0.1, 0.15) is 0 Å². The second kappa shape index (κ2) is 6.20. The second-order valence-corrected chi connectivity index (χ2v) is 7.36. The first-order valence-electron chi connectivity index (χ1n) is 8.00. The van der Waals surface area contributed by atoms with Crippen LogP contribution in [-0.2, 0) is 5.54 Å². The number of hydrogen-bond donors (Lipinski definition) is 1. The fraction of sp³-hybridized carbons (Fsp3) is 0.750. The van der Waals surface area contributed by atoms with E-state index in [9.17, 15) is 4.79 Å². The van der Waals surface area contributed by atoms with Crippen molar-refractivity contribution in [3.8, 4) is 0 Å². The predicted octanol–water partition coefficient (Wildman–Crippen LogP) is 2.37. The molecule has 1 aliphatic carbocycles. The Balaban J connectivity index is 0.00000176. The van der Waals surface area contributed by atoms with Crippen molar-refractivity contribution in [3.63, 3.8) is 0 Å². The molecule has 3 rings (SSSR count). The molecule has 6 heteroatoms. The molecule has 0 spiro atoms. The Bertz CT molecular complexity index is 545. The summed E-state index contributed by atoms with van der Waals surface area (Å²) in [6, 6.07) is 2.26. The molecule has 2 fully saturated rings. The van der Waals surface area contributed by atoms with Crippen LogP contribution in [0.25, 0.3) is 0 Å². The van der Waals surface area contributed by atoms with Crippen LogP contribution in [0.3, 0.4) is 0 Å². The molecule has 0 aromatic carbocycles. The van der Waals surface area contributed by atoms with Gasteiger partial charge in [-0.25, -0.2) is 0 Å². The van der Waals surface area contributed by atoms with E-state index in [1.807, 2.05) is 11.0 Å². The predicted molar refractivity (Wildman–Crippen MR) is 89.8 cm³/mol. The average molecular weight is 327 g/mol. The van der Waals surface area contributed by atoms with Crippen LogP contribution in [-0.4, -0.2) is 46.3 Å². The van der Waals surface area contributed by atoms with Gasteiger partial charge in [-0.2, -0.15) is 5.10 Å². The number of hydrogen-bond acceptors (Lipinski definition) is 3. The fourth-order valence-corrected chi connectivity index (χ4v) is 3.00. The number of piperazine rings is 1. The largest absolute Gasteiger partial charge is 0.332 e. The third kappa shape index (κ3) is 3.30. The molecule has 2 aliphatic rings. The maximum Gasteiger partial charge on any atom is 0.274 e. The molecule has 1 atom stereocenters. The Morgan fingerprint density at radius 3 is 2.59 bits per heavy atom. The number of carbonyl (C=O) groups is 1. The number of amides is 1. The lowest BCUT2D eigenvalue weighted by molar-refractivity contribution is 0.0648. The summed E-state index contributed by atoms with van der Waals surface area (Å²) >= 11 is 0. The summed E-state index contributed by atoms with van der Waals surface area (Å²) in [6.45, 7) is 11.0. The van der Waals surface area contributed by atoms with Crippen molar-refractivity contribution in [2.24, 2.45) is 0 Å². The number of rotatable bonds is 2. The first-order chi connectivity index (χ1) is 9.88. The first kappa shape index (κ1) is 17.3. The van der Waals surface area contributed by atoms with Crippen molar-refractivity contribution in [1.82, 2.24) is 20.0 Å². The van der Waals surface area contributed by atoms with Gasteiger partial charge >= 0.3 is 0 Å². The molecule has 1 saturated carbocycles. The van der Waals surface area contributed by atoms with E-state index in [2.05, 4.69) is 42.8 Å². The number of halogens is 1. The molecule has 1 aromatic heterocycles. The molecule has 1 saturated heterocycles. The van der Waals surface area contributed by atoms with Crippen LogP contribution >= 0.6 is 12.4 Å². The maximum atomic E-state index is 12.8. The SMILES string of the molecule is C[C@@H]1CNCCN1C(=O)c1cc(C2CC2)n(C(C)(C)C)n1.Cl. The van der Waals surface area contributed by atoms with Gasteiger partial charge in [0, 0.05) is 37.3 Å². The van der Waals surface area contributed by atoms with Gasteiger partial charge in [-0.3, -0.25) is 9.48 Å². The molecule has 2 heterocycles. The molecule has 0 radical (unpaired) electrons. The fourth-order valence-electron chi connectivity index (χ4n) is 3.00. The van der Waals surface area contributed by atoms with Crippen LogP contribution in [0.4, 0.5) is 0 Å². The number of carbonyl (C=O) groups excluding carboxylic acids is 1. The smallest absolute Gasteiger partial charge is 0.274 e. The lowest BCUT2D eigenvalue weighted by Gasteiger charge is -2.33. The second-order valence-electron chi connectivity index (χ2n) is 7.36. The Morgan fingerprint density at radius 1 is 1.36 bits per heavy atom. The summed E-state index contributed by atoms with van der Waals surface area (Å²) in [5.41, 5.74) is 1.76. The zero-order chi connectivity index (χ0) is 15.2. The Kier molecular flexibility index (Phi) is 4.87. The number of aromatic nitrogens is 2. The summed E-state index contributed by atoms with van der Waals surface area (Å²) < 4.78 is 2.06. The normalized spacial score (nSPS) is 22.4. The highest BCUT2D eigenvalue weighted by Gasteiger charge is 2.34. The van der Waals surface area contributed by atoms with Gasteiger partial charge < -0.3 is 10.2 Å². The Labute approximate surface area is 138 Å². The van der Waals surface area contributed by atoms with Crippen molar-refractivity contribution in [1.29, 1.82) is 0 Å². The zero-order valence-corrected chi connectivity index (χ0v) is 14.7. The molecule has 0 bridgehead atoms. The van der Waals surface area contributed by atoms with Crippen LogP contribution in [0.1, 0.15) is 62.6 Å². The molecule has 1 aliphatic heterocycles. The van der Waals surface area contributed by atoms with E-state index in [1.54, 1.807) is 0 Å². The van der Waals surface area contributed by atoms with E-state index >= 15 is 0 Å². The van der Waals surface area contributed by atoms with Crippen molar-refractivity contribution in [2.45, 2.75) is 58.0 Å². The van der Waals surface area contributed by atoms with E-state index in [0.29, 0.717) is 11.6 Å². The molecular weight excluding hydrogens is 300 g/mol. The highest BCUT2D eigenvalue weighted by atomic mass is 35.5. The van der Waals surface area contributed by atoms with Crippen LogP contribution in [0, 0.1) is 0 Å². The van der Waals surface area contributed by atoms with Crippen LogP contribution in [0.5, 0.6) is 0 Å². The summed E-state index contributed by atoms with van der Waals surface area (Å²) in [6.07, 6.45) is 2.44. The van der Waals surface area contributed by atoms with Crippen LogP contribution in [0.15, 0.2) is 6.07 Å². The van der Waals surface area contributed by atoms with Gasteiger partial charge in [0.05, 0.1) is 5.54 Å². The van der Waals surface area contributed by atoms with Gasteiger partial charge in [0.2, 0.25) is 0 Å². The van der Waals surface area contributed by atoms with E-state index in [4.69, 9.17) is 0 Å². The van der Waals surface area contributed by atoms with E-state index in [1.165, 1.54) is 18.5 Å². The molecule has 0 unspecified atom stereocenters. The third-order valence-electron chi connectivity index (χ3n) is 4.35. The maximum absolute atomic E-state index is 12.8. The van der Waals surface area contributed by atoms with Gasteiger partial charge in [-0.15, -0.1) is 12.4 Å². The highest BCUT2D eigenvalue weighted by molar-refractivity contribution is 5.92. The van der Waals surface area contributed by atoms with Gasteiger partial charge in [0.25, 0.3) is 5.91 Å². The van der Waals surface area contributed by atoms with Crippen molar-refractivity contribution >= 4 is 18.3 Å². The van der Waals surface area contributed by atoms with E-state index in [0.717, 1.165) is 19.6 Å². The zero-order valence-electron chi connectivity index (χ0n) is 13.9. The number of nitrogens with zero attached hydrogens (tertiary/aromatic N) is 3. The van der Waals surface area contributed by atoms with Gasteiger partial charge in [-0.1, -0.05) is 0 Å². The standard InChI is InChI=1S/C16H26N4O.ClH/c1-11-10-17-7-8-19(11)15(21)13-9-14(12-5-6-12)20(18-13)16(2,3)4;/h9,11-12,17H,5-8,10H2,1-4H3;1H/t11-;/m1./s1. The summed E-state index contributed by atoms with van der Waals surface area (Å²) in [4.78, 5) is 14.7. The van der Waals surface area contributed by atoms with Crippen molar-refractivity contribution < 1.29 is 4.79 Å². The lowest BCUT2D eigenvalue weighted by Crippen LogP contribution is -2.52. The highest BCUT2D eigenvalue weighted by Crippen LogP contribution is 2.41. The average Bonchev–Trinajstić information content (AvgIpc) is 3.16. The molecule has 5 nitrogen and oxygen atoms in total. The first-order valence-corrected chi connectivity index (χ1v) is 8.00. The monoisotopic (exact) mass is 326 g/mol. The minimum atomic E-state index is -0.0779. The minimum absolute atomic E-state index is 0. The van der Waals surface area contributed by atoms with Crippen molar-refractivity contribution in [3.05, 3.63) is 17.5 Å². The summed E-state index contributed by atoms with van der Waals surface area (Å²) in [5, 5.41) is 7.98. The van der Waals surface area contributed by atoms with Crippen LogP contribution in [0.2, 0.25) is 0 Å². The quantitative estimate of drug-likeness (QED) is 0.907. The lowest BCUT2D eigenvalue weighted by atomic mass is 10.1. The van der Waals surface area contributed by atoms with E-state index in [-0.39, 0.29) is 29.9 Å². The van der Waals surface area contributed by atoms with Gasteiger partial charge in [0.15, 0.2) is 5.69 Å². The molecule has 1 amide bonds. The molecule has 1 aromatic rings. The Hall–Kier alpha value is -1.07. The minimum Gasteiger partial charge on any atom is -0.332 e. The Morgan fingerprint density at radius 2 is 2.05 bits per heavy atom. The van der Waals surface area contributed by atoms with Gasteiger partial charge in [-0.05, 0) is 46.6 Å². The molecule has 124 valence electrons. The molecule has 1 N–H and O–H groups in total. The molecule has 22 heavy (non-hydrogen) atoms. The van der Waals surface area contributed by atoms with Crippen molar-refractivity contribution in [2.75, 3.05) is 19.6 Å². The molecular formula is C16H27ClN4O. The summed E-state index contributed by atoms with van der Waals surface area (Å²) in [5.74, 6) is 0.674. The summed E-state index contributed by atoms with van der Waals surface area (Å²) in [7, 11) is 0. The topological polar surface area (TPSA) is 50.2 Å². The van der Waals surface area contributed by atoms with E-state index < -0.39 is 0 Å².